The molecule has 7 nitrogen and oxygen atoms in total. The van der Waals surface area contributed by atoms with Crippen molar-refractivity contribution in [1.82, 2.24) is 25.6 Å². The smallest absolute Gasteiger partial charge is 0.263 e. The van der Waals surface area contributed by atoms with Crippen LogP contribution < -0.4 is 5.43 Å². The Bertz CT molecular complexity index is 829. The maximum absolute atomic E-state index is 12.8. The molecule has 0 radical (unpaired) electrons. The molecule has 1 aromatic carbocycles. The first-order valence-corrected chi connectivity index (χ1v) is 7.43. The summed E-state index contributed by atoms with van der Waals surface area (Å²) in [6, 6.07) is 12.2. The van der Waals surface area contributed by atoms with Gasteiger partial charge in [-0.25, -0.2) is 5.43 Å². The minimum absolute atomic E-state index is 0.115. The Balaban J connectivity index is 1.56. The zero-order chi connectivity index (χ0) is 16.1. The Morgan fingerprint density at radius 2 is 2.13 bits per heavy atom. The predicted molar refractivity (Wildman–Crippen MR) is 83.3 cm³/mol. The number of rotatable bonds is 5. The molecule has 0 unspecified atom stereocenters. The summed E-state index contributed by atoms with van der Waals surface area (Å²) in [5, 5.41) is 15.3. The van der Waals surface area contributed by atoms with Gasteiger partial charge in [-0.3, -0.25) is 4.79 Å². The molecule has 9 heteroatoms. The molecule has 0 spiro atoms. The van der Waals surface area contributed by atoms with Gasteiger partial charge in [-0.1, -0.05) is 30.3 Å². The first kappa shape index (κ1) is 15.0. The number of nitrogens with one attached hydrogen (secondary N) is 1. The fourth-order valence-corrected chi connectivity index (χ4v) is 2.35. The van der Waals surface area contributed by atoms with Gasteiger partial charge in [0.05, 0.1) is 11.1 Å². The maximum Gasteiger partial charge on any atom is 0.263 e. The van der Waals surface area contributed by atoms with Gasteiger partial charge in [-0.2, -0.15) is 14.3 Å². The second-order valence-electron chi connectivity index (χ2n) is 4.44. The number of thiophene rings is 1. The topological polar surface area (TPSA) is 85.1 Å². The fourth-order valence-electron chi connectivity index (χ4n) is 1.74. The molecular formula is C14H11FN6OS. The molecule has 3 aromatic rings. The van der Waals surface area contributed by atoms with Gasteiger partial charge in [0.15, 0.2) is 5.13 Å². The number of amides is 1. The lowest BCUT2D eigenvalue weighted by Gasteiger charge is -1.97. The van der Waals surface area contributed by atoms with Gasteiger partial charge in [0, 0.05) is 5.56 Å². The van der Waals surface area contributed by atoms with E-state index in [0.717, 1.165) is 16.9 Å². The summed E-state index contributed by atoms with van der Waals surface area (Å²) >= 11 is 0.937. The molecule has 0 aliphatic heterocycles. The van der Waals surface area contributed by atoms with Crippen LogP contribution in [-0.2, 0) is 11.3 Å². The van der Waals surface area contributed by atoms with Crippen molar-refractivity contribution in [1.29, 1.82) is 0 Å². The normalized spacial score (nSPS) is 11.0. The molecule has 0 saturated heterocycles. The van der Waals surface area contributed by atoms with Crippen LogP contribution in [0.3, 0.4) is 0 Å². The number of nitrogens with zero attached hydrogens (tertiary/aromatic N) is 5. The zero-order valence-electron chi connectivity index (χ0n) is 11.8. The summed E-state index contributed by atoms with van der Waals surface area (Å²) in [6.07, 6.45) is 1.37. The minimum Gasteiger partial charge on any atom is -0.271 e. The summed E-state index contributed by atoms with van der Waals surface area (Å²) in [6.45, 7) is -0.115. The Kier molecular flexibility index (Phi) is 4.48. The first-order valence-electron chi connectivity index (χ1n) is 6.61. The second-order valence-corrected chi connectivity index (χ2v) is 5.51. The number of hydrazone groups is 1. The van der Waals surface area contributed by atoms with E-state index in [-0.39, 0.29) is 11.7 Å². The predicted octanol–water partition coefficient (Wildman–Crippen LogP) is 1.69. The lowest BCUT2D eigenvalue weighted by atomic mass is 10.2. The van der Waals surface area contributed by atoms with Crippen LogP contribution in [0.5, 0.6) is 0 Å². The van der Waals surface area contributed by atoms with E-state index in [0.29, 0.717) is 10.7 Å². The number of carbonyl (C=O) groups excluding carboxylic acids is 1. The Morgan fingerprint density at radius 3 is 2.87 bits per heavy atom. The summed E-state index contributed by atoms with van der Waals surface area (Å²) in [5.74, 6) is 0.0336. The van der Waals surface area contributed by atoms with E-state index >= 15 is 0 Å². The summed E-state index contributed by atoms with van der Waals surface area (Å²) in [5.41, 5.74) is 3.14. The highest BCUT2D eigenvalue weighted by Crippen LogP contribution is 2.12. The van der Waals surface area contributed by atoms with E-state index < -0.39 is 5.91 Å². The third-order valence-corrected chi connectivity index (χ3v) is 3.55. The van der Waals surface area contributed by atoms with Gasteiger partial charge < -0.3 is 0 Å². The molecule has 116 valence electrons. The molecule has 1 N–H and O–H groups in total. The van der Waals surface area contributed by atoms with Crippen LogP contribution in [0, 0.1) is 5.13 Å². The molecular weight excluding hydrogens is 319 g/mol. The molecule has 0 saturated carbocycles. The maximum atomic E-state index is 12.8. The number of hydrogen-bond acceptors (Lipinski definition) is 6. The van der Waals surface area contributed by atoms with E-state index in [1.165, 1.54) is 17.1 Å². The average molecular weight is 330 g/mol. The highest BCUT2D eigenvalue weighted by Gasteiger charge is 2.08. The number of hydrogen-bond donors (Lipinski definition) is 1. The molecule has 0 aliphatic carbocycles. The van der Waals surface area contributed by atoms with Crippen molar-refractivity contribution in [2.75, 3.05) is 0 Å². The van der Waals surface area contributed by atoms with Crippen molar-refractivity contribution in [3.05, 3.63) is 52.5 Å². The third kappa shape index (κ3) is 4.04. The third-order valence-electron chi connectivity index (χ3n) is 2.74. The van der Waals surface area contributed by atoms with Gasteiger partial charge in [0.2, 0.25) is 5.82 Å². The van der Waals surface area contributed by atoms with Crippen molar-refractivity contribution in [3.63, 3.8) is 0 Å². The lowest BCUT2D eigenvalue weighted by molar-refractivity contribution is -0.122. The summed E-state index contributed by atoms with van der Waals surface area (Å²) in [4.78, 5) is 13.5. The fraction of sp³-hybridized carbons (Fsp3) is 0.0714. The Morgan fingerprint density at radius 1 is 1.30 bits per heavy atom. The highest BCUT2D eigenvalue weighted by molar-refractivity contribution is 7.12. The Hall–Kier alpha value is -2.94. The van der Waals surface area contributed by atoms with E-state index in [2.05, 4.69) is 25.9 Å². The molecule has 2 aromatic heterocycles. The molecule has 0 aliphatic rings. The Labute approximate surface area is 134 Å². The summed E-state index contributed by atoms with van der Waals surface area (Å²) < 4.78 is 12.8. The van der Waals surface area contributed by atoms with Crippen LogP contribution in [0.4, 0.5) is 4.39 Å². The van der Waals surface area contributed by atoms with Gasteiger partial charge in [-0.05, 0) is 17.3 Å². The molecule has 3 rings (SSSR count). The molecule has 0 atom stereocenters. The zero-order valence-corrected chi connectivity index (χ0v) is 12.6. The van der Waals surface area contributed by atoms with Crippen molar-refractivity contribution in [3.8, 4) is 11.4 Å². The van der Waals surface area contributed by atoms with Crippen LogP contribution in [0.2, 0.25) is 0 Å². The average Bonchev–Trinajstić information content (AvgIpc) is 3.17. The van der Waals surface area contributed by atoms with Crippen LogP contribution in [0.25, 0.3) is 11.4 Å². The molecule has 0 bridgehead atoms. The van der Waals surface area contributed by atoms with Gasteiger partial charge in [0.1, 0.15) is 6.54 Å². The highest BCUT2D eigenvalue weighted by atomic mass is 32.1. The molecule has 23 heavy (non-hydrogen) atoms. The van der Waals surface area contributed by atoms with Crippen LogP contribution in [0.1, 0.15) is 4.88 Å². The number of halogens is 1. The number of carbonyl (C=O) groups is 1. The molecule has 0 fully saturated rings. The number of benzene rings is 1. The van der Waals surface area contributed by atoms with Crippen LogP contribution >= 0.6 is 11.3 Å². The monoisotopic (exact) mass is 330 g/mol. The van der Waals surface area contributed by atoms with Gasteiger partial charge >= 0.3 is 0 Å². The minimum atomic E-state index is -0.407. The summed E-state index contributed by atoms with van der Waals surface area (Å²) in [7, 11) is 0. The van der Waals surface area contributed by atoms with E-state index in [1.807, 2.05) is 30.3 Å². The first-order chi connectivity index (χ1) is 11.2. The van der Waals surface area contributed by atoms with Crippen molar-refractivity contribution in [2.24, 2.45) is 5.10 Å². The van der Waals surface area contributed by atoms with Crippen LogP contribution in [-0.4, -0.2) is 32.3 Å². The number of aromatic nitrogens is 4. The standard InChI is InChI=1S/C14H11FN6OS/c15-12-7-6-11(23-12)8-16-17-13(22)9-21-19-14(18-20-21)10-4-2-1-3-5-10/h1-8H,9H2,(H,17,22). The largest absolute Gasteiger partial charge is 0.271 e. The van der Waals surface area contributed by atoms with Gasteiger partial charge in [-0.15, -0.1) is 21.5 Å². The van der Waals surface area contributed by atoms with Crippen molar-refractivity contribution < 1.29 is 9.18 Å². The molecule has 1 amide bonds. The van der Waals surface area contributed by atoms with E-state index in [1.54, 1.807) is 6.07 Å². The van der Waals surface area contributed by atoms with E-state index in [4.69, 9.17) is 0 Å². The van der Waals surface area contributed by atoms with Crippen molar-refractivity contribution in [2.45, 2.75) is 6.54 Å². The van der Waals surface area contributed by atoms with Crippen molar-refractivity contribution >= 4 is 23.5 Å². The number of tetrazole rings is 1. The quantitative estimate of drug-likeness (QED) is 0.570. The van der Waals surface area contributed by atoms with E-state index in [9.17, 15) is 9.18 Å². The van der Waals surface area contributed by atoms with Gasteiger partial charge in [0.25, 0.3) is 5.91 Å². The molecule has 2 heterocycles. The van der Waals surface area contributed by atoms with Crippen LogP contribution in [0.15, 0.2) is 47.6 Å². The SMILES string of the molecule is O=C(Cn1nnc(-c2ccccc2)n1)NN=Cc1ccc(F)s1. The second kappa shape index (κ2) is 6.88. The lowest BCUT2D eigenvalue weighted by Crippen LogP contribution is -2.24.